The van der Waals surface area contributed by atoms with Crippen molar-refractivity contribution in [2.75, 3.05) is 0 Å². The first-order chi connectivity index (χ1) is 19.8. The zero-order valence-electron chi connectivity index (χ0n) is 21.2. The molecule has 42 heavy (non-hydrogen) atoms. The van der Waals surface area contributed by atoms with E-state index < -0.39 is 75.1 Å². The Morgan fingerprint density at radius 1 is 0.595 bits per heavy atom. The van der Waals surface area contributed by atoms with Gasteiger partial charge in [0, 0.05) is 11.5 Å². The molecule has 3 aromatic rings. The van der Waals surface area contributed by atoms with Gasteiger partial charge in [-0.3, -0.25) is 4.79 Å². The summed E-state index contributed by atoms with van der Waals surface area (Å²) in [4.78, 5) is 60.2. The summed E-state index contributed by atoms with van der Waals surface area (Å²) in [5, 5.41) is 68.2. The maximum absolute atomic E-state index is 13.1. The molecule has 0 fully saturated rings. The van der Waals surface area contributed by atoms with Crippen molar-refractivity contribution < 1.29 is 59.7 Å². The molecule has 0 saturated carbocycles. The fourth-order valence-corrected chi connectivity index (χ4v) is 4.49. The van der Waals surface area contributed by atoms with Gasteiger partial charge >= 0.3 is 23.9 Å². The van der Waals surface area contributed by atoms with Gasteiger partial charge in [0.2, 0.25) is 0 Å². The Morgan fingerprint density at radius 3 is 1.50 bits per heavy atom. The third kappa shape index (κ3) is 5.58. The monoisotopic (exact) mass is 572 g/mol. The Hall–Kier alpha value is -6.17. The minimum absolute atomic E-state index is 0.0829. The molecule has 7 N–H and O–H groups in total. The van der Waals surface area contributed by atoms with Crippen LogP contribution in [-0.2, 0) is 9.59 Å². The van der Waals surface area contributed by atoms with Crippen molar-refractivity contribution in [2.45, 2.75) is 5.92 Å². The van der Waals surface area contributed by atoms with E-state index >= 15 is 0 Å². The molecule has 0 bridgehead atoms. The second-order valence-corrected chi connectivity index (χ2v) is 9.11. The van der Waals surface area contributed by atoms with Crippen molar-refractivity contribution in [1.82, 2.24) is 0 Å². The van der Waals surface area contributed by atoms with Crippen molar-refractivity contribution >= 4 is 35.7 Å². The molecule has 0 radical (unpaired) electrons. The molecular weight excluding hydrogens is 552 g/mol. The third-order valence-electron chi connectivity index (χ3n) is 6.45. The average Bonchev–Trinajstić information content (AvgIpc) is 2.92. The van der Waals surface area contributed by atoms with Crippen LogP contribution in [0.2, 0.25) is 0 Å². The lowest BCUT2D eigenvalue weighted by atomic mass is 9.79. The number of aromatic hydroxyl groups is 3. The molecule has 0 aliphatic heterocycles. The average molecular weight is 572 g/mol. The van der Waals surface area contributed by atoms with Crippen LogP contribution in [0.4, 0.5) is 0 Å². The maximum atomic E-state index is 13.1. The first kappa shape index (κ1) is 28.8. The molecule has 1 aliphatic carbocycles. The van der Waals surface area contributed by atoms with Crippen LogP contribution in [-0.4, -0.2) is 65.4 Å². The number of ketones is 1. The molecule has 0 atom stereocenters. The quantitative estimate of drug-likeness (QED) is 0.152. The topological polar surface area (TPSA) is 227 Å². The normalized spacial score (nSPS) is 13.9. The van der Waals surface area contributed by atoms with Crippen molar-refractivity contribution in [3.05, 3.63) is 117 Å². The van der Waals surface area contributed by atoms with E-state index in [9.17, 15) is 59.7 Å². The number of allylic oxidation sites excluding steroid dienone is 4. The fraction of sp³-hybridized carbons (Fsp3) is 0.0333. The third-order valence-corrected chi connectivity index (χ3v) is 6.45. The van der Waals surface area contributed by atoms with E-state index in [0.29, 0.717) is 0 Å². The van der Waals surface area contributed by atoms with Crippen LogP contribution < -0.4 is 0 Å². The number of rotatable bonds is 8. The highest BCUT2D eigenvalue weighted by atomic mass is 16.4. The zero-order chi connectivity index (χ0) is 30.9. The smallest absolute Gasteiger partial charge is 0.339 e. The molecule has 12 nitrogen and oxygen atoms in total. The highest BCUT2D eigenvalue weighted by Gasteiger charge is 2.30. The number of aromatic carboxylic acids is 3. The highest BCUT2D eigenvalue weighted by molar-refractivity contribution is 6.27. The highest BCUT2D eigenvalue weighted by Crippen LogP contribution is 2.39. The number of carboxylic acids is 4. The lowest BCUT2D eigenvalue weighted by Gasteiger charge is -2.24. The van der Waals surface area contributed by atoms with Crippen LogP contribution in [0, 0.1) is 0 Å². The van der Waals surface area contributed by atoms with Gasteiger partial charge in [-0.25, -0.2) is 19.2 Å². The minimum Gasteiger partial charge on any atom is -0.507 e. The van der Waals surface area contributed by atoms with E-state index in [4.69, 9.17) is 0 Å². The molecule has 4 rings (SSSR count). The van der Waals surface area contributed by atoms with E-state index in [2.05, 4.69) is 0 Å². The maximum Gasteiger partial charge on any atom is 0.339 e. The summed E-state index contributed by atoms with van der Waals surface area (Å²) in [5.41, 5.74) is -1.88. The van der Waals surface area contributed by atoms with E-state index in [1.807, 2.05) is 0 Å². The van der Waals surface area contributed by atoms with Gasteiger partial charge < -0.3 is 35.7 Å². The second kappa shape index (κ2) is 11.1. The number of carbonyl (C=O) groups is 5. The number of aliphatic carboxylic acids is 1. The Labute approximate surface area is 235 Å². The minimum atomic E-state index is -1.61. The summed E-state index contributed by atoms with van der Waals surface area (Å²) >= 11 is 0. The molecule has 0 aromatic heterocycles. The molecule has 212 valence electrons. The standard InChI is InChI=1S/C30H20O12/c31-22-4-1-13(8-18(22)27(35)36)7-17-9-16(12-21(26(17)34)30(41)42)25(14-2-5-23(32)19(10-14)28(37)38)15-3-6-24(33)20(11-15)29(39)40/h1-12,25,31-33H,(H,35,36)(H,37,38)(H,39,40)(H,41,42). The van der Waals surface area contributed by atoms with Crippen molar-refractivity contribution in [2.24, 2.45) is 0 Å². The summed E-state index contributed by atoms with van der Waals surface area (Å²) in [5.74, 6) is -9.77. The second-order valence-electron chi connectivity index (χ2n) is 9.11. The predicted octanol–water partition coefficient (Wildman–Crippen LogP) is 3.63. The van der Waals surface area contributed by atoms with Crippen LogP contribution in [0.1, 0.15) is 53.7 Å². The number of hydrogen-bond donors (Lipinski definition) is 7. The lowest BCUT2D eigenvalue weighted by molar-refractivity contribution is -0.134. The van der Waals surface area contributed by atoms with E-state index in [1.54, 1.807) is 0 Å². The number of phenols is 3. The number of hydrogen-bond acceptors (Lipinski definition) is 8. The summed E-state index contributed by atoms with van der Waals surface area (Å²) in [6.07, 6.45) is 3.50. The van der Waals surface area contributed by atoms with E-state index in [-0.39, 0.29) is 27.8 Å². The molecule has 0 unspecified atom stereocenters. The Balaban J connectivity index is 2.01. The lowest BCUT2D eigenvalue weighted by Crippen LogP contribution is -2.19. The predicted molar refractivity (Wildman–Crippen MR) is 144 cm³/mol. The molecule has 0 amide bonds. The van der Waals surface area contributed by atoms with Crippen molar-refractivity contribution in [3.8, 4) is 17.2 Å². The fourth-order valence-electron chi connectivity index (χ4n) is 4.49. The number of benzene rings is 3. The van der Waals surface area contributed by atoms with Gasteiger partial charge in [0.15, 0.2) is 5.78 Å². The molecule has 12 heteroatoms. The first-order valence-electron chi connectivity index (χ1n) is 11.9. The van der Waals surface area contributed by atoms with Crippen LogP contribution >= 0.6 is 0 Å². The molecule has 3 aromatic carbocycles. The largest absolute Gasteiger partial charge is 0.507 e. The number of carbonyl (C=O) groups excluding carboxylic acids is 1. The summed E-state index contributed by atoms with van der Waals surface area (Å²) in [6.45, 7) is 0. The van der Waals surface area contributed by atoms with Crippen molar-refractivity contribution in [1.29, 1.82) is 0 Å². The summed E-state index contributed by atoms with van der Waals surface area (Å²) in [7, 11) is 0. The van der Waals surface area contributed by atoms with Crippen LogP contribution in [0.3, 0.4) is 0 Å². The van der Waals surface area contributed by atoms with Gasteiger partial charge in [-0.2, -0.15) is 0 Å². The first-order valence-corrected chi connectivity index (χ1v) is 11.9. The molecular formula is C30H20O12. The summed E-state index contributed by atoms with van der Waals surface area (Å²) in [6, 6.07) is 10.5. The molecule has 0 saturated heterocycles. The molecule has 0 spiro atoms. The van der Waals surface area contributed by atoms with Gasteiger partial charge in [0.25, 0.3) is 0 Å². The SMILES string of the molecule is O=C(O)C1=CC(C(c2ccc(O)c(C(=O)O)c2)c2ccc(O)c(C(=O)O)c2)=CC(=Cc2ccc(O)c(C(=O)O)c2)C1=O. The van der Waals surface area contributed by atoms with Gasteiger partial charge in [-0.15, -0.1) is 0 Å². The molecule has 1 aliphatic rings. The Kier molecular flexibility index (Phi) is 7.64. The van der Waals surface area contributed by atoms with E-state index in [1.165, 1.54) is 30.4 Å². The Morgan fingerprint density at radius 2 is 1.05 bits per heavy atom. The number of Topliss-reactive ketones (excluding diaryl/α,β-unsaturated/α-hetero) is 1. The molecule has 0 heterocycles. The zero-order valence-corrected chi connectivity index (χ0v) is 21.2. The van der Waals surface area contributed by atoms with Crippen molar-refractivity contribution in [3.63, 3.8) is 0 Å². The Bertz CT molecular complexity index is 1730. The summed E-state index contributed by atoms with van der Waals surface area (Å²) < 4.78 is 0. The van der Waals surface area contributed by atoms with Gasteiger partial charge in [0.05, 0.1) is 0 Å². The van der Waals surface area contributed by atoms with Gasteiger partial charge in [-0.05, 0) is 76.9 Å². The van der Waals surface area contributed by atoms with Gasteiger partial charge in [0.1, 0.15) is 39.5 Å². The van der Waals surface area contributed by atoms with Crippen LogP contribution in [0.25, 0.3) is 6.08 Å². The van der Waals surface area contributed by atoms with Crippen LogP contribution in [0.15, 0.2) is 83.5 Å². The van der Waals surface area contributed by atoms with E-state index in [0.717, 1.165) is 42.5 Å². The number of carboxylic acid groups (broad SMARTS) is 4. The van der Waals surface area contributed by atoms with Crippen LogP contribution in [0.5, 0.6) is 17.2 Å². The van der Waals surface area contributed by atoms with Gasteiger partial charge in [-0.1, -0.05) is 18.2 Å².